The van der Waals surface area contributed by atoms with E-state index < -0.39 is 0 Å². The summed E-state index contributed by atoms with van der Waals surface area (Å²) >= 11 is 1.64. The Balaban J connectivity index is 1.62. The molecule has 0 aliphatic carbocycles. The van der Waals surface area contributed by atoms with E-state index >= 15 is 0 Å². The van der Waals surface area contributed by atoms with Crippen LogP contribution in [0.1, 0.15) is 28.8 Å². The molecule has 0 N–H and O–H groups in total. The van der Waals surface area contributed by atoms with Crippen molar-refractivity contribution in [3.05, 3.63) is 29.3 Å². The highest BCUT2D eigenvalue weighted by Crippen LogP contribution is 2.21. The topological polar surface area (TPSA) is 49.9 Å². The summed E-state index contributed by atoms with van der Waals surface area (Å²) in [5.74, 6) is 0.146. The van der Waals surface area contributed by atoms with Crippen LogP contribution < -0.4 is 0 Å². The fourth-order valence-electron chi connectivity index (χ4n) is 3.23. The normalized spacial score (nSPS) is 21.2. The molecule has 2 saturated heterocycles. The SMILES string of the molecule is CSc1ccc(C)c(C(=O)N2CCN(C(=O)C3CCCO3)CC2)c1. The van der Waals surface area contributed by atoms with Gasteiger partial charge in [-0.15, -0.1) is 11.8 Å². The first-order chi connectivity index (χ1) is 11.6. The Bertz CT molecular complexity index is 621. The summed E-state index contributed by atoms with van der Waals surface area (Å²) in [4.78, 5) is 30.0. The zero-order chi connectivity index (χ0) is 17.1. The zero-order valence-corrected chi connectivity index (χ0v) is 15.1. The van der Waals surface area contributed by atoms with Crippen LogP contribution in [0, 0.1) is 6.92 Å². The third kappa shape index (κ3) is 3.59. The fraction of sp³-hybridized carbons (Fsp3) is 0.556. The molecule has 0 radical (unpaired) electrons. The molecule has 1 aromatic carbocycles. The number of hydrogen-bond donors (Lipinski definition) is 0. The van der Waals surface area contributed by atoms with Crippen LogP contribution in [0.3, 0.4) is 0 Å². The van der Waals surface area contributed by atoms with E-state index in [1.807, 2.05) is 41.2 Å². The van der Waals surface area contributed by atoms with Gasteiger partial charge in [-0.3, -0.25) is 9.59 Å². The van der Waals surface area contributed by atoms with Gasteiger partial charge in [-0.25, -0.2) is 0 Å². The molecular formula is C18H24N2O3S. The minimum atomic E-state index is -0.271. The zero-order valence-electron chi connectivity index (χ0n) is 14.3. The van der Waals surface area contributed by atoms with Crippen LogP contribution in [0.15, 0.2) is 23.1 Å². The molecule has 2 amide bonds. The number of nitrogens with zero attached hydrogens (tertiary/aromatic N) is 2. The second-order valence-electron chi connectivity index (χ2n) is 6.30. The first kappa shape index (κ1) is 17.3. The molecule has 1 unspecified atom stereocenters. The quantitative estimate of drug-likeness (QED) is 0.786. The van der Waals surface area contributed by atoms with E-state index in [4.69, 9.17) is 4.74 Å². The van der Waals surface area contributed by atoms with Crippen LogP contribution >= 0.6 is 11.8 Å². The average Bonchev–Trinajstić information content (AvgIpc) is 3.16. The number of ether oxygens (including phenoxy) is 1. The minimum absolute atomic E-state index is 0.0626. The third-order valence-electron chi connectivity index (χ3n) is 4.76. The van der Waals surface area contributed by atoms with Gasteiger partial charge in [-0.05, 0) is 43.7 Å². The van der Waals surface area contributed by atoms with Gasteiger partial charge in [-0.1, -0.05) is 6.07 Å². The number of aryl methyl sites for hydroxylation is 1. The number of amides is 2. The number of rotatable bonds is 3. The van der Waals surface area contributed by atoms with Crippen LogP contribution in [0.5, 0.6) is 0 Å². The summed E-state index contributed by atoms with van der Waals surface area (Å²) in [6, 6.07) is 6.00. The molecule has 0 aromatic heterocycles. The highest BCUT2D eigenvalue weighted by molar-refractivity contribution is 7.98. The predicted molar refractivity (Wildman–Crippen MR) is 94.4 cm³/mol. The lowest BCUT2D eigenvalue weighted by Gasteiger charge is -2.36. The molecule has 5 nitrogen and oxygen atoms in total. The van der Waals surface area contributed by atoms with Gasteiger partial charge in [0.05, 0.1) is 0 Å². The lowest BCUT2D eigenvalue weighted by atomic mass is 10.1. The number of hydrogen-bond acceptors (Lipinski definition) is 4. The van der Waals surface area contributed by atoms with E-state index in [9.17, 15) is 9.59 Å². The summed E-state index contributed by atoms with van der Waals surface area (Å²) in [7, 11) is 0. The van der Waals surface area contributed by atoms with Crippen LogP contribution in [-0.2, 0) is 9.53 Å². The van der Waals surface area contributed by atoms with Crippen molar-refractivity contribution < 1.29 is 14.3 Å². The molecule has 1 aromatic rings. The van der Waals surface area contributed by atoms with Crippen molar-refractivity contribution in [2.24, 2.45) is 0 Å². The Kier molecular flexibility index (Phi) is 5.46. The Labute approximate surface area is 147 Å². The number of piperazine rings is 1. The molecule has 3 rings (SSSR count). The van der Waals surface area contributed by atoms with Gasteiger partial charge in [-0.2, -0.15) is 0 Å². The number of thioether (sulfide) groups is 1. The fourth-order valence-corrected chi connectivity index (χ4v) is 3.67. The molecular weight excluding hydrogens is 324 g/mol. The predicted octanol–water partition coefficient (Wildman–Crippen LogP) is 2.18. The Hall–Kier alpha value is -1.53. The van der Waals surface area contributed by atoms with Crippen molar-refractivity contribution in [3.63, 3.8) is 0 Å². The third-order valence-corrected chi connectivity index (χ3v) is 5.48. The highest BCUT2D eigenvalue weighted by Gasteiger charge is 2.31. The molecule has 0 bridgehead atoms. The van der Waals surface area contributed by atoms with Gasteiger partial charge in [0.1, 0.15) is 6.10 Å². The van der Waals surface area contributed by atoms with E-state index in [0.717, 1.165) is 28.9 Å². The summed E-state index contributed by atoms with van der Waals surface area (Å²) < 4.78 is 5.48. The monoisotopic (exact) mass is 348 g/mol. The van der Waals surface area contributed by atoms with Crippen LogP contribution in [0.4, 0.5) is 0 Å². The van der Waals surface area contributed by atoms with Gasteiger partial charge in [0.25, 0.3) is 11.8 Å². The van der Waals surface area contributed by atoms with Crippen molar-refractivity contribution in [1.82, 2.24) is 9.80 Å². The second kappa shape index (κ2) is 7.57. The first-order valence-corrected chi connectivity index (χ1v) is 9.67. The molecule has 2 aliphatic rings. The van der Waals surface area contributed by atoms with E-state index in [1.165, 1.54) is 0 Å². The van der Waals surface area contributed by atoms with Crippen molar-refractivity contribution in [3.8, 4) is 0 Å². The second-order valence-corrected chi connectivity index (χ2v) is 7.18. The molecule has 2 fully saturated rings. The van der Waals surface area contributed by atoms with E-state index in [2.05, 4.69) is 0 Å². The van der Waals surface area contributed by atoms with Crippen molar-refractivity contribution in [2.45, 2.75) is 30.8 Å². The Morgan fingerprint density at radius 2 is 1.88 bits per heavy atom. The number of carbonyl (C=O) groups is 2. The molecule has 2 aliphatic heterocycles. The highest BCUT2D eigenvalue weighted by atomic mass is 32.2. The standard InChI is InChI=1S/C18H24N2O3S/c1-13-5-6-14(24-2)12-15(13)17(21)19-7-9-20(10-8-19)18(22)16-4-3-11-23-16/h5-6,12,16H,3-4,7-11H2,1-2H3. The molecule has 130 valence electrons. The van der Waals surface area contributed by atoms with Gasteiger partial charge in [0, 0.05) is 43.2 Å². The van der Waals surface area contributed by atoms with E-state index in [0.29, 0.717) is 32.8 Å². The Morgan fingerprint density at radius 1 is 1.17 bits per heavy atom. The van der Waals surface area contributed by atoms with Crippen molar-refractivity contribution in [2.75, 3.05) is 39.0 Å². The summed E-state index contributed by atoms with van der Waals surface area (Å²) in [5.41, 5.74) is 1.76. The lowest BCUT2D eigenvalue weighted by molar-refractivity contribution is -0.142. The summed E-state index contributed by atoms with van der Waals surface area (Å²) in [5, 5.41) is 0. The van der Waals surface area contributed by atoms with Gasteiger partial charge in [0.2, 0.25) is 0 Å². The van der Waals surface area contributed by atoms with Gasteiger partial charge in [0.15, 0.2) is 0 Å². The Morgan fingerprint density at radius 3 is 2.50 bits per heavy atom. The van der Waals surface area contributed by atoms with Crippen LogP contribution in [0.25, 0.3) is 0 Å². The maximum atomic E-state index is 12.8. The molecule has 0 spiro atoms. The molecule has 24 heavy (non-hydrogen) atoms. The molecule has 2 heterocycles. The summed E-state index contributed by atoms with van der Waals surface area (Å²) in [6.45, 7) is 4.99. The lowest BCUT2D eigenvalue weighted by Crippen LogP contribution is -2.52. The molecule has 0 saturated carbocycles. The van der Waals surface area contributed by atoms with E-state index in [1.54, 1.807) is 11.8 Å². The minimum Gasteiger partial charge on any atom is -0.368 e. The smallest absolute Gasteiger partial charge is 0.254 e. The van der Waals surface area contributed by atoms with Crippen LogP contribution in [0.2, 0.25) is 0 Å². The summed E-state index contributed by atoms with van der Waals surface area (Å²) in [6.07, 6.45) is 3.51. The van der Waals surface area contributed by atoms with Gasteiger partial charge >= 0.3 is 0 Å². The average molecular weight is 348 g/mol. The number of carbonyl (C=O) groups excluding carboxylic acids is 2. The van der Waals surface area contributed by atoms with Crippen molar-refractivity contribution >= 4 is 23.6 Å². The van der Waals surface area contributed by atoms with Gasteiger partial charge < -0.3 is 14.5 Å². The van der Waals surface area contributed by atoms with Crippen LogP contribution in [-0.4, -0.2) is 66.8 Å². The first-order valence-electron chi connectivity index (χ1n) is 8.44. The number of benzene rings is 1. The van der Waals surface area contributed by atoms with Crippen molar-refractivity contribution in [1.29, 1.82) is 0 Å². The maximum Gasteiger partial charge on any atom is 0.254 e. The molecule has 1 atom stereocenters. The largest absolute Gasteiger partial charge is 0.368 e. The molecule has 6 heteroatoms. The van der Waals surface area contributed by atoms with E-state index in [-0.39, 0.29) is 17.9 Å². The maximum absolute atomic E-state index is 12.8.